The highest BCUT2D eigenvalue weighted by atomic mass is 19.4. The third kappa shape index (κ3) is 5.02. The van der Waals surface area contributed by atoms with E-state index < -0.39 is 29.6 Å². The first-order chi connectivity index (χ1) is 23.6. The van der Waals surface area contributed by atoms with Crippen LogP contribution in [0.2, 0.25) is 0 Å². The number of aromatic nitrogens is 3. The minimum atomic E-state index is -4.73. The van der Waals surface area contributed by atoms with E-state index in [4.69, 9.17) is 21.1 Å². The average Bonchev–Trinajstić information content (AvgIpc) is 3.71. The zero-order valence-corrected chi connectivity index (χ0v) is 26.5. The summed E-state index contributed by atoms with van der Waals surface area (Å²) < 4.78 is 82.2. The Morgan fingerprint density at radius 1 is 1.04 bits per heavy atom. The van der Waals surface area contributed by atoms with Crippen LogP contribution in [0.5, 0.6) is 6.01 Å². The zero-order chi connectivity index (χ0) is 33.7. The van der Waals surface area contributed by atoms with Gasteiger partial charge in [-0.3, -0.25) is 9.64 Å². The Hall–Kier alpha value is -4.12. The number of benzene rings is 2. The van der Waals surface area contributed by atoms with Crippen LogP contribution in [-0.4, -0.2) is 82.2 Å². The quantitative estimate of drug-likeness (QED) is 0.208. The van der Waals surface area contributed by atoms with Crippen LogP contribution in [0.25, 0.3) is 32.9 Å². The smallest absolute Gasteiger partial charge is 0.461 e. The molecule has 0 spiro atoms. The van der Waals surface area contributed by atoms with Gasteiger partial charge in [0.2, 0.25) is 0 Å². The second-order valence-corrected chi connectivity index (χ2v) is 14.0. The van der Waals surface area contributed by atoms with E-state index in [0.717, 1.165) is 25.7 Å². The predicted molar refractivity (Wildman–Crippen MR) is 172 cm³/mol. The highest BCUT2D eigenvalue weighted by Gasteiger charge is 2.52. The van der Waals surface area contributed by atoms with Gasteiger partial charge in [0.25, 0.3) is 0 Å². The number of hydrogen-bond donors (Lipinski definition) is 1. The normalized spacial score (nSPS) is 27.7. The third-order valence-corrected chi connectivity index (χ3v) is 11.3. The number of piperazine rings is 1. The number of ether oxygens (including phenoxy) is 2. The van der Waals surface area contributed by atoms with Gasteiger partial charge in [-0.1, -0.05) is 30.2 Å². The lowest BCUT2D eigenvalue weighted by Gasteiger charge is -2.41. The van der Waals surface area contributed by atoms with Gasteiger partial charge in [0.15, 0.2) is 5.82 Å². The summed E-state index contributed by atoms with van der Waals surface area (Å²) in [6, 6.07) is 8.67. The Labute approximate surface area is 279 Å². The van der Waals surface area contributed by atoms with Crippen molar-refractivity contribution in [2.45, 2.75) is 81.1 Å². The van der Waals surface area contributed by atoms with Gasteiger partial charge in [-0.15, -0.1) is 19.6 Å². The Balaban J connectivity index is 1.18. The summed E-state index contributed by atoms with van der Waals surface area (Å²) in [4.78, 5) is 18.7. The van der Waals surface area contributed by atoms with Crippen molar-refractivity contribution < 1.29 is 31.4 Å². The number of alkyl halides is 3. The van der Waals surface area contributed by atoms with Crippen LogP contribution < -0.4 is 15.0 Å². The molecule has 254 valence electrons. The standard InChI is InChI=1S/C36H33F5N6O2/c1-2-22-24(37)9-7-19-5-3-6-23(28(19)22)31-30(38)32-29-26(43-31)11-12-27-25-10-8-20(42-25)16-47(27)33(29)45-34(44-32)48-18-35-13-4-14-46(35)17-21(15-35)49-36(39,40)41/h1,3,5-7,9,20-21,25,27,42H,4,8,10-18H2/t20-,21-,25+,27-,35?/m1/s1. The van der Waals surface area contributed by atoms with Gasteiger partial charge in [0.05, 0.1) is 28.3 Å². The minimum absolute atomic E-state index is 0.00816. The molecule has 0 saturated carbocycles. The van der Waals surface area contributed by atoms with Crippen molar-refractivity contribution >= 4 is 27.5 Å². The molecule has 7 heterocycles. The SMILES string of the molecule is C#Cc1c(F)ccc2cccc(-c3nc4c5c(nc(OCC67CCCN6C[C@H](OC(F)(F)F)C7)nc5c3F)N3C[C@H]5CC[C@H](N5)[C@H]3CC4)c12. The van der Waals surface area contributed by atoms with Gasteiger partial charge in [-0.05, 0) is 62.9 Å². The molecule has 5 aliphatic heterocycles. The van der Waals surface area contributed by atoms with Crippen LogP contribution >= 0.6 is 0 Å². The summed E-state index contributed by atoms with van der Waals surface area (Å²) in [5, 5.41) is 5.27. The number of nitrogens with zero attached hydrogens (tertiary/aromatic N) is 5. The number of nitrogens with one attached hydrogen (secondary N) is 1. The van der Waals surface area contributed by atoms with E-state index in [2.05, 4.69) is 25.9 Å². The molecule has 1 unspecified atom stereocenters. The van der Waals surface area contributed by atoms with E-state index in [1.807, 2.05) is 4.90 Å². The monoisotopic (exact) mass is 676 g/mol. The number of halogens is 5. The predicted octanol–water partition coefficient (Wildman–Crippen LogP) is 5.88. The van der Waals surface area contributed by atoms with Gasteiger partial charge in [-0.2, -0.15) is 9.97 Å². The van der Waals surface area contributed by atoms with E-state index in [1.165, 1.54) is 6.07 Å². The molecule has 2 bridgehead atoms. The first-order valence-corrected chi connectivity index (χ1v) is 16.8. The first kappa shape index (κ1) is 30.9. The molecule has 13 heteroatoms. The number of anilines is 1. The van der Waals surface area contributed by atoms with E-state index in [0.29, 0.717) is 59.2 Å². The molecule has 4 saturated heterocycles. The van der Waals surface area contributed by atoms with Crippen LogP contribution in [0.1, 0.15) is 49.8 Å². The fourth-order valence-electron chi connectivity index (χ4n) is 9.24. The van der Waals surface area contributed by atoms with Crippen molar-refractivity contribution in [3.8, 4) is 29.6 Å². The lowest BCUT2D eigenvalue weighted by molar-refractivity contribution is -0.340. The molecule has 8 nitrogen and oxygen atoms in total. The maximum atomic E-state index is 17.1. The van der Waals surface area contributed by atoms with Crippen molar-refractivity contribution in [1.29, 1.82) is 0 Å². The Morgan fingerprint density at radius 3 is 2.76 bits per heavy atom. The van der Waals surface area contributed by atoms with Crippen LogP contribution in [0, 0.1) is 24.0 Å². The van der Waals surface area contributed by atoms with Crippen LogP contribution in [0.4, 0.5) is 27.8 Å². The molecular weight excluding hydrogens is 643 g/mol. The van der Waals surface area contributed by atoms with E-state index in [9.17, 15) is 17.6 Å². The summed E-state index contributed by atoms with van der Waals surface area (Å²) in [6.45, 7) is 1.49. The second-order valence-electron chi connectivity index (χ2n) is 14.0. The zero-order valence-electron chi connectivity index (χ0n) is 26.5. The van der Waals surface area contributed by atoms with Gasteiger partial charge in [0, 0.05) is 42.2 Å². The molecule has 5 atom stereocenters. The van der Waals surface area contributed by atoms with Crippen LogP contribution in [0.3, 0.4) is 0 Å². The molecule has 5 aliphatic rings. The van der Waals surface area contributed by atoms with E-state index in [-0.39, 0.29) is 60.5 Å². The summed E-state index contributed by atoms with van der Waals surface area (Å²) in [6.07, 6.45) is 4.97. The maximum absolute atomic E-state index is 17.1. The molecule has 2 aromatic carbocycles. The molecule has 0 aliphatic carbocycles. The molecule has 0 amide bonds. The summed E-state index contributed by atoms with van der Waals surface area (Å²) in [5.74, 6) is 1.70. The molecule has 1 N–H and O–H groups in total. The molecule has 49 heavy (non-hydrogen) atoms. The lowest BCUT2D eigenvalue weighted by Crippen LogP contribution is -2.58. The molecular formula is C36H33F5N6O2. The van der Waals surface area contributed by atoms with Gasteiger partial charge < -0.3 is 15.0 Å². The Kier molecular flexibility index (Phi) is 7.06. The number of fused-ring (bicyclic) bond motifs is 7. The lowest BCUT2D eigenvalue weighted by atomic mass is 9.94. The van der Waals surface area contributed by atoms with E-state index >= 15 is 4.39 Å². The first-order valence-electron chi connectivity index (χ1n) is 16.8. The number of aryl methyl sites for hydroxylation is 1. The third-order valence-electron chi connectivity index (χ3n) is 11.3. The van der Waals surface area contributed by atoms with Crippen molar-refractivity contribution in [2.24, 2.45) is 0 Å². The van der Waals surface area contributed by atoms with Gasteiger partial charge in [0.1, 0.15) is 29.5 Å². The summed E-state index contributed by atoms with van der Waals surface area (Å²) >= 11 is 0. The molecule has 2 aromatic heterocycles. The van der Waals surface area contributed by atoms with Crippen molar-refractivity contribution in [3.05, 3.63) is 53.2 Å². The Bertz CT molecular complexity index is 2050. The summed E-state index contributed by atoms with van der Waals surface area (Å²) in [5.41, 5.74) is 0.383. The fourth-order valence-corrected chi connectivity index (χ4v) is 9.24. The van der Waals surface area contributed by atoms with Crippen LogP contribution in [0.15, 0.2) is 30.3 Å². The number of terminal acetylenes is 1. The van der Waals surface area contributed by atoms with Crippen LogP contribution in [-0.2, 0) is 11.2 Å². The number of rotatable bonds is 5. The highest BCUT2D eigenvalue weighted by molar-refractivity contribution is 6.02. The van der Waals surface area contributed by atoms with Crippen molar-refractivity contribution in [2.75, 3.05) is 31.1 Å². The number of hydrogen-bond acceptors (Lipinski definition) is 8. The second kappa shape index (κ2) is 11.2. The molecule has 4 fully saturated rings. The van der Waals surface area contributed by atoms with Gasteiger partial charge >= 0.3 is 12.4 Å². The molecule has 0 radical (unpaired) electrons. The topological polar surface area (TPSA) is 75.6 Å². The Morgan fingerprint density at radius 2 is 1.92 bits per heavy atom. The molecule has 4 aromatic rings. The fraction of sp³-hybridized carbons (Fsp3) is 0.472. The molecule has 9 rings (SSSR count). The minimum Gasteiger partial charge on any atom is -0.461 e. The highest BCUT2D eigenvalue weighted by Crippen LogP contribution is 2.45. The maximum Gasteiger partial charge on any atom is 0.522 e. The van der Waals surface area contributed by atoms with Crippen molar-refractivity contribution in [1.82, 2.24) is 25.2 Å². The largest absolute Gasteiger partial charge is 0.522 e. The van der Waals surface area contributed by atoms with E-state index in [1.54, 1.807) is 24.3 Å². The summed E-state index contributed by atoms with van der Waals surface area (Å²) in [7, 11) is 0. The number of pyridine rings is 1. The van der Waals surface area contributed by atoms with Crippen molar-refractivity contribution in [3.63, 3.8) is 0 Å². The average molecular weight is 677 g/mol. The van der Waals surface area contributed by atoms with Gasteiger partial charge in [-0.25, -0.2) is 13.8 Å².